The fourth-order valence-corrected chi connectivity index (χ4v) is 3.92. The van der Waals surface area contributed by atoms with Crippen molar-refractivity contribution in [2.75, 3.05) is 13.1 Å². The van der Waals surface area contributed by atoms with Crippen molar-refractivity contribution in [2.24, 2.45) is 11.7 Å². The van der Waals surface area contributed by atoms with Gasteiger partial charge in [-0.15, -0.1) is 12.4 Å². The first kappa shape index (κ1) is 17.3. The number of hydrogen-bond acceptors (Lipinski definition) is 2. The summed E-state index contributed by atoms with van der Waals surface area (Å²) in [6.45, 7) is 4.00. The van der Waals surface area contributed by atoms with E-state index in [1.807, 2.05) is 6.07 Å². The van der Waals surface area contributed by atoms with E-state index in [0.29, 0.717) is 18.2 Å². The second kappa shape index (κ2) is 7.01. The highest BCUT2D eigenvalue weighted by molar-refractivity contribution is 5.85. The Bertz CT molecular complexity index is 507. The van der Waals surface area contributed by atoms with Crippen molar-refractivity contribution >= 4 is 18.3 Å². The minimum Gasteiger partial charge on any atom is -0.342 e. The molecule has 0 radical (unpaired) electrons. The van der Waals surface area contributed by atoms with Gasteiger partial charge in [0.15, 0.2) is 0 Å². The molecule has 1 unspecified atom stereocenters. The van der Waals surface area contributed by atoms with Crippen LogP contribution in [0, 0.1) is 5.92 Å². The summed E-state index contributed by atoms with van der Waals surface area (Å²) >= 11 is 0. The molecule has 3 nitrogen and oxygen atoms in total. The molecule has 1 aromatic rings. The van der Waals surface area contributed by atoms with Crippen molar-refractivity contribution in [3.8, 4) is 0 Å². The van der Waals surface area contributed by atoms with Crippen LogP contribution in [0.25, 0.3) is 0 Å². The molecular formula is C18H27ClN2O. The van der Waals surface area contributed by atoms with Crippen LogP contribution in [0.4, 0.5) is 0 Å². The van der Waals surface area contributed by atoms with Crippen molar-refractivity contribution in [3.63, 3.8) is 0 Å². The molecule has 1 saturated heterocycles. The molecule has 0 spiro atoms. The molecule has 2 N–H and O–H groups in total. The lowest BCUT2D eigenvalue weighted by atomic mass is 9.82. The Labute approximate surface area is 139 Å². The highest BCUT2D eigenvalue weighted by Crippen LogP contribution is 2.35. The van der Waals surface area contributed by atoms with Gasteiger partial charge in [0.1, 0.15) is 0 Å². The van der Waals surface area contributed by atoms with Crippen molar-refractivity contribution in [1.82, 2.24) is 4.90 Å². The third kappa shape index (κ3) is 3.47. The molecule has 1 amide bonds. The fraction of sp³-hybridized carbons (Fsp3) is 0.611. The summed E-state index contributed by atoms with van der Waals surface area (Å²) in [7, 11) is 0. The molecule has 3 atom stereocenters. The number of likely N-dealkylation sites (tertiary alicyclic amines) is 1. The number of hydrogen-bond donors (Lipinski definition) is 1. The summed E-state index contributed by atoms with van der Waals surface area (Å²) in [6, 6.07) is 10.8. The van der Waals surface area contributed by atoms with E-state index >= 15 is 0 Å². The molecule has 122 valence electrons. The van der Waals surface area contributed by atoms with E-state index in [4.69, 9.17) is 5.73 Å². The van der Waals surface area contributed by atoms with Crippen LogP contribution in [-0.4, -0.2) is 29.9 Å². The van der Waals surface area contributed by atoms with Crippen LogP contribution in [-0.2, 0) is 10.2 Å². The van der Waals surface area contributed by atoms with Gasteiger partial charge in [-0.25, -0.2) is 0 Å². The molecule has 22 heavy (non-hydrogen) atoms. The zero-order chi connectivity index (χ0) is 14.9. The number of benzene rings is 1. The second-order valence-electron chi connectivity index (χ2n) is 7.05. The number of nitrogens with two attached hydrogens (primary N) is 1. The van der Waals surface area contributed by atoms with Crippen LogP contribution in [0.2, 0.25) is 0 Å². The Morgan fingerprint density at radius 3 is 2.68 bits per heavy atom. The third-order valence-electron chi connectivity index (χ3n) is 5.45. The van der Waals surface area contributed by atoms with Gasteiger partial charge < -0.3 is 10.6 Å². The van der Waals surface area contributed by atoms with Gasteiger partial charge in [0, 0.05) is 31.0 Å². The SMILES string of the molecule is CC1(c2ccccc2)CCN(C(=O)C[C@@H]2CCC[C@H]2N)C1.Cl. The molecule has 4 heteroatoms. The maximum Gasteiger partial charge on any atom is 0.222 e. The standard InChI is InChI=1S/C18H26N2O.ClH/c1-18(15-7-3-2-4-8-15)10-11-20(13-18)17(21)12-14-6-5-9-16(14)19;/h2-4,7-8,14,16H,5-6,9-13,19H2,1H3;1H/t14-,16+,18?;/m0./s1. The first-order valence-electron chi connectivity index (χ1n) is 8.17. The molecule has 3 rings (SSSR count). The van der Waals surface area contributed by atoms with Gasteiger partial charge in [0.05, 0.1) is 0 Å². The van der Waals surface area contributed by atoms with E-state index in [1.54, 1.807) is 0 Å². The molecule has 1 aliphatic carbocycles. The van der Waals surface area contributed by atoms with Gasteiger partial charge in [-0.1, -0.05) is 43.7 Å². The molecule has 0 bridgehead atoms. The normalized spacial score (nSPS) is 31.1. The lowest BCUT2D eigenvalue weighted by Crippen LogP contribution is -2.36. The molecule has 0 aromatic heterocycles. The second-order valence-corrected chi connectivity index (χ2v) is 7.05. The zero-order valence-corrected chi connectivity index (χ0v) is 14.1. The third-order valence-corrected chi connectivity index (χ3v) is 5.45. The summed E-state index contributed by atoms with van der Waals surface area (Å²) < 4.78 is 0. The van der Waals surface area contributed by atoms with Crippen molar-refractivity contribution in [1.29, 1.82) is 0 Å². The van der Waals surface area contributed by atoms with E-state index in [0.717, 1.165) is 32.4 Å². The minimum absolute atomic E-state index is 0. The maximum atomic E-state index is 12.5. The minimum atomic E-state index is 0. The summed E-state index contributed by atoms with van der Waals surface area (Å²) in [6.07, 6.45) is 5.09. The largest absolute Gasteiger partial charge is 0.342 e. The predicted octanol–water partition coefficient (Wildman–Crippen LogP) is 3.12. The number of amides is 1. The number of carbonyl (C=O) groups excluding carboxylic acids is 1. The van der Waals surface area contributed by atoms with Crippen LogP contribution in [0.3, 0.4) is 0 Å². The van der Waals surface area contributed by atoms with Crippen LogP contribution in [0.5, 0.6) is 0 Å². The molecule has 1 saturated carbocycles. The fourth-order valence-electron chi connectivity index (χ4n) is 3.92. The summed E-state index contributed by atoms with van der Waals surface area (Å²) in [5, 5.41) is 0. The smallest absolute Gasteiger partial charge is 0.222 e. The van der Waals surface area contributed by atoms with Crippen LogP contribution < -0.4 is 5.73 Å². The zero-order valence-electron chi connectivity index (χ0n) is 13.3. The van der Waals surface area contributed by atoms with Crippen LogP contribution in [0.15, 0.2) is 30.3 Å². The van der Waals surface area contributed by atoms with Crippen molar-refractivity contribution < 1.29 is 4.79 Å². The molecule has 2 fully saturated rings. The van der Waals surface area contributed by atoms with Gasteiger partial charge in [0.25, 0.3) is 0 Å². The number of nitrogens with zero attached hydrogens (tertiary/aromatic N) is 1. The Hall–Kier alpha value is -1.06. The van der Waals surface area contributed by atoms with Gasteiger partial charge in [-0.2, -0.15) is 0 Å². The molecule has 1 aromatic carbocycles. The lowest BCUT2D eigenvalue weighted by molar-refractivity contribution is -0.131. The monoisotopic (exact) mass is 322 g/mol. The van der Waals surface area contributed by atoms with Crippen LogP contribution >= 0.6 is 12.4 Å². The number of rotatable bonds is 3. The van der Waals surface area contributed by atoms with Gasteiger partial charge >= 0.3 is 0 Å². The summed E-state index contributed by atoms with van der Waals surface area (Å²) in [5.41, 5.74) is 7.55. The Balaban J connectivity index is 0.00000176. The van der Waals surface area contributed by atoms with Crippen molar-refractivity contribution in [2.45, 2.75) is 50.5 Å². The average Bonchev–Trinajstić information content (AvgIpc) is 3.08. The van der Waals surface area contributed by atoms with E-state index in [2.05, 4.69) is 36.1 Å². The lowest BCUT2D eigenvalue weighted by Gasteiger charge is -2.26. The molecular weight excluding hydrogens is 296 g/mol. The quantitative estimate of drug-likeness (QED) is 0.929. The molecule has 2 aliphatic rings. The highest BCUT2D eigenvalue weighted by Gasteiger charge is 2.38. The number of halogens is 1. The van der Waals surface area contributed by atoms with E-state index in [9.17, 15) is 4.79 Å². The first-order chi connectivity index (χ1) is 10.1. The molecule has 1 aliphatic heterocycles. The van der Waals surface area contributed by atoms with E-state index in [-0.39, 0.29) is 23.9 Å². The van der Waals surface area contributed by atoms with Gasteiger partial charge in [0.2, 0.25) is 5.91 Å². The maximum absolute atomic E-state index is 12.5. The Morgan fingerprint density at radius 1 is 1.32 bits per heavy atom. The summed E-state index contributed by atoms with van der Waals surface area (Å²) in [4.78, 5) is 14.6. The highest BCUT2D eigenvalue weighted by atomic mass is 35.5. The van der Waals surface area contributed by atoms with E-state index in [1.165, 1.54) is 12.0 Å². The van der Waals surface area contributed by atoms with Gasteiger partial charge in [-0.3, -0.25) is 4.79 Å². The molecule has 1 heterocycles. The summed E-state index contributed by atoms with van der Waals surface area (Å²) in [5.74, 6) is 0.707. The first-order valence-corrected chi connectivity index (χ1v) is 8.17. The van der Waals surface area contributed by atoms with Gasteiger partial charge in [-0.05, 0) is 30.7 Å². The Kier molecular flexibility index (Phi) is 5.51. The predicted molar refractivity (Wildman–Crippen MR) is 92.2 cm³/mol. The average molecular weight is 323 g/mol. The van der Waals surface area contributed by atoms with E-state index < -0.39 is 0 Å². The Morgan fingerprint density at radius 2 is 2.05 bits per heavy atom. The topological polar surface area (TPSA) is 46.3 Å². The number of carbonyl (C=O) groups is 1. The van der Waals surface area contributed by atoms with Crippen LogP contribution in [0.1, 0.15) is 44.6 Å². The van der Waals surface area contributed by atoms with Crippen molar-refractivity contribution in [3.05, 3.63) is 35.9 Å².